The number of aliphatic hydroxyl groups excluding tert-OH is 1. The topological polar surface area (TPSA) is 71.8 Å². The van der Waals surface area contributed by atoms with Gasteiger partial charge in [0.25, 0.3) is 0 Å². The number of rotatable bonds is 6. The van der Waals surface area contributed by atoms with Gasteiger partial charge in [-0.2, -0.15) is 4.31 Å². The van der Waals surface area contributed by atoms with E-state index in [1.807, 2.05) is 44.3 Å². The van der Waals surface area contributed by atoms with E-state index in [4.69, 9.17) is 4.74 Å². The van der Waals surface area contributed by atoms with Crippen LogP contribution in [-0.2, 0) is 16.6 Å². The number of hydrogen-bond acceptors (Lipinski definition) is 4. The Morgan fingerprint density at radius 2 is 1.86 bits per heavy atom. The minimum absolute atomic E-state index is 0.0347. The summed E-state index contributed by atoms with van der Waals surface area (Å²) in [6.45, 7) is 4.71. The van der Waals surface area contributed by atoms with E-state index in [1.165, 1.54) is 0 Å². The first kappa shape index (κ1) is 19.9. The van der Waals surface area contributed by atoms with E-state index in [0.717, 1.165) is 22.9 Å². The Bertz CT molecular complexity index is 1100. The average molecular weight is 415 g/mol. The van der Waals surface area contributed by atoms with Crippen molar-refractivity contribution in [3.8, 4) is 5.75 Å². The first-order valence-corrected chi connectivity index (χ1v) is 11.3. The molecule has 0 spiro atoms. The Kier molecular flexibility index (Phi) is 5.38. The van der Waals surface area contributed by atoms with Crippen LogP contribution in [0.5, 0.6) is 5.75 Å². The van der Waals surface area contributed by atoms with Crippen LogP contribution in [0.4, 0.5) is 0 Å². The standard InChI is InChI=1S/C22H26N2O4S/c1-16(2)28-19-7-9-20(10-8-19)29(26,27)23-12-11-18(14-23)24-13-17(15-25)21-5-3-4-6-22(21)24/h3-10,13,16,18,25H,11-12,14-15H2,1-2H3. The predicted octanol–water partition coefficient (Wildman–Crippen LogP) is 3.56. The number of sulfonamides is 1. The van der Waals surface area contributed by atoms with E-state index < -0.39 is 10.0 Å². The van der Waals surface area contributed by atoms with Gasteiger partial charge >= 0.3 is 0 Å². The summed E-state index contributed by atoms with van der Waals surface area (Å²) >= 11 is 0. The Balaban J connectivity index is 1.57. The highest BCUT2D eigenvalue weighted by atomic mass is 32.2. The summed E-state index contributed by atoms with van der Waals surface area (Å²) < 4.78 is 35.5. The maximum atomic E-state index is 13.1. The highest BCUT2D eigenvalue weighted by molar-refractivity contribution is 7.89. The molecule has 1 N–H and O–H groups in total. The molecule has 1 unspecified atom stereocenters. The fourth-order valence-electron chi connectivity index (χ4n) is 3.97. The van der Waals surface area contributed by atoms with Gasteiger partial charge in [-0.05, 0) is 50.6 Å². The van der Waals surface area contributed by atoms with Crippen molar-refractivity contribution < 1.29 is 18.3 Å². The van der Waals surface area contributed by atoms with Crippen molar-refractivity contribution >= 4 is 20.9 Å². The predicted molar refractivity (Wildman–Crippen MR) is 112 cm³/mol. The van der Waals surface area contributed by atoms with Gasteiger partial charge < -0.3 is 14.4 Å². The molecular weight excluding hydrogens is 388 g/mol. The van der Waals surface area contributed by atoms with Crippen LogP contribution in [0.25, 0.3) is 10.9 Å². The number of nitrogens with zero attached hydrogens (tertiary/aromatic N) is 2. The van der Waals surface area contributed by atoms with Gasteiger partial charge in [0.05, 0.1) is 17.6 Å². The summed E-state index contributed by atoms with van der Waals surface area (Å²) in [6.07, 6.45) is 2.72. The van der Waals surface area contributed by atoms with Gasteiger partial charge in [-0.25, -0.2) is 8.42 Å². The first-order chi connectivity index (χ1) is 13.9. The van der Waals surface area contributed by atoms with Crippen molar-refractivity contribution in [1.82, 2.24) is 8.87 Å². The number of aromatic nitrogens is 1. The van der Waals surface area contributed by atoms with Gasteiger partial charge in [0.1, 0.15) is 5.75 Å². The zero-order chi connectivity index (χ0) is 20.6. The number of ether oxygens (including phenoxy) is 1. The molecule has 1 aliphatic heterocycles. The van der Waals surface area contributed by atoms with E-state index in [9.17, 15) is 13.5 Å². The lowest BCUT2D eigenvalue weighted by molar-refractivity contribution is 0.242. The van der Waals surface area contributed by atoms with Gasteiger partial charge in [0.15, 0.2) is 0 Å². The first-order valence-electron chi connectivity index (χ1n) is 9.86. The van der Waals surface area contributed by atoms with Gasteiger partial charge in [0, 0.05) is 41.8 Å². The lowest BCUT2D eigenvalue weighted by atomic mass is 10.2. The van der Waals surface area contributed by atoms with Crippen molar-refractivity contribution in [3.05, 3.63) is 60.3 Å². The summed E-state index contributed by atoms with van der Waals surface area (Å²) in [5.74, 6) is 0.661. The summed E-state index contributed by atoms with van der Waals surface area (Å²) in [5, 5.41) is 10.7. The Labute approximate surface area is 171 Å². The lowest BCUT2D eigenvalue weighted by Crippen LogP contribution is -2.29. The van der Waals surface area contributed by atoms with E-state index in [-0.39, 0.29) is 23.6 Å². The molecule has 1 atom stereocenters. The molecular formula is C22H26N2O4S. The summed E-state index contributed by atoms with van der Waals surface area (Å²) in [4.78, 5) is 0.280. The molecule has 1 aromatic heterocycles. The van der Waals surface area contributed by atoms with Crippen LogP contribution in [0, 0.1) is 0 Å². The van der Waals surface area contributed by atoms with Gasteiger partial charge in [-0.3, -0.25) is 0 Å². The molecule has 4 rings (SSSR count). The summed E-state index contributed by atoms with van der Waals surface area (Å²) in [5.41, 5.74) is 1.89. The number of para-hydroxylation sites is 1. The molecule has 0 aliphatic carbocycles. The van der Waals surface area contributed by atoms with Crippen LogP contribution in [0.15, 0.2) is 59.6 Å². The van der Waals surface area contributed by atoms with E-state index >= 15 is 0 Å². The quantitative estimate of drug-likeness (QED) is 0.670. The van der Waals surface area contributed by atoms with Crippen LogP contribution in [0.1, 0.15) is 31.9 Å². The SMILES string of the molecule is CC(C)Oc1ccc(S(=O)(=O)N2CCC(n3cc(CO)c4ccccc43)C2)cc1. The second-order valence-electron chi connectivity index (χ2n) is 7.68. The van der Waals surface area contributed by atoms with Crippen molar-refractivity contribution in [2.75, 3.05) is 13.1 Å². The largest absolute Gasteiger partial charge is 0.491 e. The lowest BCUT2D eigenvalue weighted by Gasteiger charge is -2.18. The molecule has 2 heterocycles. The van der Waals surface area contributed by atoms with Crippen LogP contribution >= 0.6 is 0 Å². The molecule has 3 aromatic rings. The normalized spacial score (nSPS) is 18.0. The molecule has 6 nitrogen and oxygen atoms in total. The number of benzene rings is 2. The molecule has 2 aromatic carbocycles. The fourth-order valence-corrected chi connectivity index (χ4v) is 5.47. The maximum Gasteiger partial charge on any atom is 0.243 e. The second kappa shape index (κ2) is 7.82. The van der Waals surface area contributed by atoms with Crippen molar-refractivity contribution in [2.45, 2.75) is 43.9 Å². The molecule has 7 heteroatoms. The second-order valence-corrected chi connectivity index (χ2v) is 9.62. The minimum Gasteiger partial charge on any atom is -0.491 e. The van der Waals surface area contributed by atoms with Crippen LogP contribution < -0.4 is 4.74 Å². The zero-order valence-corrected chi connectivity index (χ0v) is 17.5. The van der Waals surface area contributed by atoms with Gasteiger partial charge in [-0.15, -0.1) is 0 Å². The molecule has 1 saturated heterocycles. The molecule has 29 heavy (non-hydrogen) atoms. The molecule has 154 valence electrons. The fraction of sp³-hybridized carbons (Fsp3) is 0.364. The summed E-state index contributed by atoms with van der Waals surface area (Å²) in [6, 6.07) is 14.6. The van der Waals surface area contributed by atoms with Crippen LogP contribution in [0.3, 0.4) is 0 Å². The Morgan fingerprint density at radius 1 is 1.14 bits per heavy atom. The van der Waals surface area contributed by atoms with Crippen molar-refractivity contribution in [2.24, 2.45) is 0 Å². The Hall–Kier alpha value is -2.35. The third-order valence-corrected chi connectivity index (χ3v) is 7.23. The molecule has 0 amide bonds. The maximum absolute atomic E-state index is 13.1. The highest BCUT2D eigenvalue weighted by Crippen LogP contribution is 2.32. The molecule has 0 bridgehead atoms. The van der Waals surface area contributed by atoms with E-state index in [0.29, 0.717) is 18.8 Å². The molecule has 1 fully saturated rings. The van der Waals surface area contributed by atoms with Crippen LogP contribution in [0.2, 0.25) is 0 Å². The zero-order valence-electron chi connectivity index (χ0n) is 16.7. The monoisotopic (exact) mass is 414 g/mol. The third kappa shape index (κ3) is 3.77. The van der Waals surface area contributed by atoms with E-state index in [2.05, 4.69) is 4.57 Å². The molecule has 0 radical (unpaired) electrons. The van der Waals surface area contributed by atoms with Crippen molar-refractivity contribution in [3.63, 3.8) is 0 Å². The molecule has 1 aliphatic rings. The Morgan fingerprint density at radius 3 is 2.55 bits per heavy atom. The smallest absolute Gasteiger partial charge is 0.243 e. The number of aliphatic hydroxyl groups is 1. The van der Waals surface area contributed by atoms with Crippen molar-refractivity contribution in [1.29, 1.82) is 0 Å². The van der Waals surface area contributed by atoms with Gasteiger partial charge in [0.2, 0.25) is 10.0 Å². The highest BCUT2D eigenvalue weighted by Gasteiger charge is 2.34. The van der Waals surface area contributed by atoms with E-state index in [1.54, 1.807) is 28.6 Å². The van der Waals surface area contributed by atoms with Crippen LogP contribution in [-0.4, -0.2) is 41.6 Å². The third-order valence-electron chi connectivity index (χ3n) is 5.35. The van der Waals surface area contributed by atoms with Gasteiger partial charge in [-0.1, -0.05) is 18.2 Å². The molecule has 0 saturated carbocycles. The average Bonchev–Trinajstić information content (AvgIpc) is 3.33. The number of hydrogen-bond donors (Lipinski definition) is 1. The summed E-state index contributed by atoms with van der Waals surface area (Å²) in [7, 11) is -3.56. The minimum atomic E-state index is -3.56. The number of fused-ring (bicyclic) bond motifs is 1.